The van der Waals surface area contributed by atoms with E-state index in [1.807, 2.05) is 19.1 Å². The van der Waals surface area contributed by atoms with E-state index in [4.69, 9.17) is 16.7 Å². The first-order valence-electron chi connectivity index (χ1n) is 6.54. The van der Waals surface area contributed by atoms with Crippen molar-refractivity contribution in [1.82, 2.24) is 4.90 Å². The van der Waals surface area contributed by atoms with Crippen molar-refractivity contribution >= 4 is 29.6 Å². The molecule has 0 aromatic heterocycles. The van der Waals surface area contributed by atoms with Crippen LogP contribution in [0, 0.1) is 6.92 Å². The molecule has 0 unspecified atom stereocenters. The van der Waals surface area contributed by atoms with Crippen LogP contribution in [0.1, 0.15) is 17.5 Å². The van der Waals surface area contributed by atoms with Gasteiger partial charge in [-0.2, -0.15) is 0 Å². The summed E-state index contributed by atoms with van der Waals surface area (Å²) in [6.07, 6.45) is 2.15. The van der Waals surface area contributed by atoms with E-state index in [0.29, 0.717) is 5.02 Å². The molecule has 5 nitrogen and oxygen atoms in total. The predicted molar refractivity (Wildman–Crippen MR) is 79.0 cm³/mol. The van der Waals surface area contributed by atoms with E-state index in [2.05, 4.69) is 0 Å². The predicted octanol–water partition coefficient (Wildman–Crippen LogP) is 1.71. The van der Waals surface area contributed by atoms with Crippen LogP contribution in [-0.4, -0.2) is 45.7 Å². The first-order valence-corrected chi connectivity index (χ1v) is 6.92. The van der Waals surface area contributed by atoms with Crippen molar-refractivity contribution in [2.75, 3.05) is 6.54 Å². The number of carboxylic acid groups (broad SMARTS) is 1. The maximum Gasteiger partial charge on any atom is 0.326 e. The maximum absolute atomic E-state index is 12.1. The number of nitrogens with zero attached hydrogens (tertiary/aromatic N) is 1. The topological polar surface area (TPSA) is 77.8 Å². The monoisotopic (exact) mass is 309 g/mol. The Morgan fingerprint density at radius 2 is 2.14 bits per heavy atom. The standard InChI is InChI=1S/C15H16ClNO4/c1-9-2-3-10(6-12(9)16)4-5-14(19)17-8-11(18)7-13(17)15(20)21/h2-6,11,13,18H,7-8H2,1H3,(H,20,21)/t11-,13-/m0/s1. The Morgan fingerprint density at radius 1 is 1.43 bits per heavy atom. The van der Waals surface area contributed by atoms with Gasteiger partial charge in [0.25, 0.3) is 0 Å². The molecule has 1 amide bonds. The minimum absolute atomic E-state index is 0.0365. The van der Waals surface area contributed by atoms with Gasteiger partial charge in [0.15, 0.2) is 0 Å². The fraction of sp³-hybridized carbons (Fsp3) is 0.333. The number of amides is 1. The molecule has 0 spiro atoms. The summed E-state index contributed by atoms with van der Waals surface area (Å²) >= 11 is 6.00. The lowest BCUT2D eigenvalue weighted by Gasteiger charge is -2.19. The third-order valence-electron chi connectivity index (χ3n) is 3.46. The fourth-order valence-corrected chi connectivity index (χ4v) is 2.46. The summed E-state index contributed by atoms with van der Waals surface area (Å²) in [5.74, 6) is -1.54. The molecule has 21 heavy (non-hydrogen) atoms. The van der Waals surface area contributed by atoms with Crippen LogP contribution in [0.25, 0.3) is 6.08 Å². The Bertz CT molecular complexity index is 599. The Hall–Kier alpha value is -1.85. The van der Waals surface area contributed by atoms with Crippen molar-refractivity contribution in [3.05, 3.63) is 40.4 Å². The highest BCUT2D eigenvalue weighted by atomic mass is 35.5. The number of aliphatic carboxylic acids is 1. The number of β-amino-alcohol motifs (C(OH)–C–C–N with tert-alkyl or cyclic N) is 1. The molecule has 1 aliphatic heterocycles. The lowest BCUT2D eigenvalue weighted by atomic mass is 10.1. The molecule has 6 heteroatoms. The van der Waals surface area contributed by atoms with Crippen molar-refractivity contribution in [2.24, 2.45) is 0 Å². The van der Waals surface area contributed by atoms with Gasteiger partial charge in [0.05, 0.1) is 6.10 Å². The van der Waals surface area contributed by atoms with Crippen molar-refractivity contribution in [2.45, 2.75) is 25.5 Å². The maximum atomic E-state index is 12.1. The first-order chi connectivity index (χ1) is 9.88. The van der Waals surface area contributed by atoms with Gasteiger partial charge >= 0.3 is 5.97 Å². The van der Waals surface area contributed by atoms with Crippen LogP contribution in [0.4, 0.5) is 0 Å². The third-order valence-corrected chi connectivity index (χ3v) is 3.87. The van der Waals surface area contributed by atoms with E-state index in [0.717, 1.165) is 11.1 Å². The van der Waals surface area contributed by atoms with Gasteiger partial charge in [0.1, 0.15) is 6.04 Å². The number of carbonyl (C=O) groups is 2. The molecule has 0 saturated carbocycles. The van der Waals surface area contributed by atoms with Gasteiger partial charge in [-0.05, 0) is 30.2 Å². The summed E-state index contributed by atoms with van der Waals surface area (Å²) in [7, 11) is 0. The van der Waals surface area contributed by atoms with Gasteiger partial charge in [-0.1, -0.05) is 23.7 Å². The van der Waals surface area contributed by atoms with E-state index in [1.54, 1.807) is 12.1 Å². The average molecular weight is 310 g/mol. The van der Waals surface area contributed by atoms with Gasteiger partial charge in [-0.25, -0.2) is 4.79 Å². The quantitative estimate of drug-likeness (QED) is 0.833. The summed E-state index contributed by atoms with van der Waals surface area (Å²) < 4.78 is 0. The zero-order valence-corrected chi connectivity index (χ0v) is 12.2. The number of hydrogen-bond donors (Lipinski definition) is 2. The number of halogens is 1. The Labute approximate surface area is 127 Å². The summed E-state index contributed by atoms with van der Waals surface area (Å²) in [5, 5.41) is 19.2. The number of aliphatic hydroxyl groups is 1. The lowest BCUT2D eigenvalue weighted by molar-refractivity contribution is -0.146. The van der Waals surface area contributed by atoms with Gasteiger partial charge in [0, 0.05) is 24.1 Å². The summed E-state index contributed by atoms with van der Waals surface area (Å²) in [4.78, 5) is 24.3. The summed E-state index contributed by atoms with van der Waals surface area (Å²) in [6, 6.07) is 4.41. The van der Waals surface area contributed by atoms with Crippen molar-refractivity contribution in [1.29, 1.82) is 0 Å². The minimum Gasteiger partial charge on any atom is -0.480 e. The number of hydrogen-bond acceptors (Lipinski definition) is 3. The molecule has 1 heterocycles. The highest BCUT2D eigenvalue weighted by Gasteiger charge is 2.37. The van der Waals surface area contributed by atoms with Gasteiger partial charge in [-0.3, -0.25) is 4.79 Å². The second kappa shape index (κ2) is 6.28. The van der Waals surface area contributed by atoms with E-state index < -0.39 is 24.0 Å². The molecule has 1 aromatic rings. The molecule has 1 aliphatic rings. The zero-order valence-electron chi connectivity index (χ0n) is 11.5. The summed E-state index contributed by atoms with van der Waals surface area (Å²) in [5.41, 5.74) is 1.69. The number of carboxylic acids is 1. The molecule has 1 fully saturated rings. The number of aryl methyl sites for hydroxylation is 1. The van der Waals surface area contributed by atoms with E-state index in [-0.39, 0.29) is 13.0 Å². The number of carbonyl (C=O) groups excluding carboxylic acids is 1. The molecule has 0 bridgehead atoms. The number of likely N-dealkylation sites (tertiary alicyclic amines) is 1. The fourth-order valence-electron chi connectivity index (χ4n) is 2.27. The van der Waals surface area contributed by atoms with Crippen molar-refractivity contribution < 1.29 is 19.8 Å². The molecule has 0 aliphatic carbocycles. The van der Waals surface area contributed by atoms with Gasteiger partial charge < -0.3 is 15.1 Å². The first kappa shape index (κ1) is 15.5. The van der Waals surface area contributed by atoms with Crippen LogP contribution >= 0.6 is 11.6 Å². The molecule has 2 N–H and O–H groups in total. The lowest BCUT2D eigenvalue weighted by Crippen LogP contribution is -2.39. The Morgan fingerprint density at radius 3 is 2.76 bits per heavy atom. The van der Waals surface area contributed by atoms with Gasteiger partial charge in [-0.15, -0.1) is 0 Å². The molecule has 112 valence electrons. The highest BCUT2D eigenvalue weighted by Crippen LogP contribution is 2.20. The SMILES string of the molecule is Cc1ccc(C=CC(=O)N2C[C@@H](O)C[C@H]2C(=O)O)cc1Cl. The normalized spacial score (nSPS) is 22.0. The summed E-state index contributed by atoms with van der Waals surface area (Å²) in [6.45, 7) is 1.92. The minimum atomic E-state index is -1.10. The number of benzene rings is 1. The molecular formula is C15H16ClNO4. The van der Waals surface area contributed by atoms with E-state index in [1.165, 1.54) is 11.0 Å². The van der Waals surface area contributed by atoms with Gasteiger partial charge in [0.2, 0.25) is 5.91 Å². The van der Waals surface area contributed by atoms with Crippen LogP contribution in [0.2, 0.25) is 5.02 Å². The van der Waals surface area contributed by atoms with E-state index in [9.17, 15) is 14.7 Å². The van der Waals surface area contributed by atoms with Crippen molar-refractivity contribution in [3.63, 3.8) is 0 Å². The second-order valence-electron chi connectivity index (χ2n) is 5.08. The number of rotatable bonds is 3. The van der Waals surface area contributed by atoms with Crippen LogP contribution in [0.5, 0.6) is 0 Å². The molecular weight excluding hydrogens is 294 g/mol. The van der Waals surface area contributed by atoms with Crippen LogP contribution in [-0.2, 0) is 9.59 Å². The molecule has 2 atom stereocenters. The van der Waals surface area contributed by atoms with Crippen LogP contribution in [0.15, 0.2) is 24.3 Å². The zero-order chi connectivity index (χ0) is 15.6. The number of aliphatic hydroxyl groups excluding tert-OH is 1. The molecule has 1 saturated heterocycles. The smallest absolute Gasteiger partial charge is 0.326 e. The largest absolute Gasteiger partial charge is 0.480 e. The molecule has 0 radical (unpaired) electrons. The van der Waals surface area contributed by atoms with Crippen LogP contribution < -0.4 is 0 Å². The van der Waals surface area contributed by atoms with E-state index >= 15 is 0 Å². The molecule has 2 rings (SSSR count). The Balaban J connectivity index is 2.11. The van der Waals surface area contributed by atoms with Crippen molar-refractivity contribution in [3.8, 4) is 0 Å². The Kier molecular flexibility index (Phi) is 4.65. The third kappa shape index (κ3) is 3.62. The average Bonchev–Trinajstić information content (AvgIpc) is 2.82. The highest BCUT2D eigenvalue weighted by molar-refractivity contribution is 6.31. The second-order valence-corrected chi connectivity index (χ2v) is 5.48. The molecule has 1 aromatic carbocycles. The van der Waals surface area contributed by atoms with Crippen LogP contribution in [0.3, 0.4) is 0 Å².